The summed E-state index contributed by atoms with van der Waals surface area (Å²) in [5.41, 5.74) is 2.50. The molecule has 1 aromatic rings. The van der Waals surface area contributed by atoms with E-state index >= 15 is 0 Å². The van der Waals surface area contributed by atoms with Crippen molar-refractivity contribution in [2.75, 3.05) is 34.4 Å². The van der Waals surface area contributed by atoms with E-state index in [9.17, 15) is 9.59 Å². The molecule has 1 saturated heterocycles. The van der Waals surface area contributed by atoms with Gasteiger partial charge < -0.3 is 18.9 Å². The van der Waals surface area contributed by atoms with Gasteiger partial charge >= 0.3 is 5.97 Å². The van der Waals surface area contributed by atoms with E-state index in [1.165, 1.54) is 6.92 Å². The van der Waals surface area contributed by atoms with Crippen LogP contribution in [0, 0.1) is 0 Å². The molecule has 3 aliphatic rings. The quantitative estimate of drug-likeness (QED) is 0.733. The molecule has 7 heteroatoms. The molecular formula is C21H25NO6. The highest BCUT2D eigenvalue weighted by molar-refractivity contribution is 5.96. The number of hydrogen-bond acceptors (Lipinski definition) is 7. The van der Waals surface area contributed by atoms with Crippen LogP contribution in [0.2, 0.25) is 0 Å². The third kappa shape index (κ3) is 2.64. The highest BCUT2D eigenvalue weighted by atomic mass is 16.5. The first-order valence-electron chi connectivity index (χ1n) is 9.41. The van der Waals surface area contributed by atoms with E-state index in [0.717, 1.165) is 29.7 Å². The number of nitrogens with zero attached hydrogens (tertiary/aromatic N) is 1. The summed E-state index contributed by atoms with van der Waals surface area (Å²) in [4.78, 5) is 26.5. The number of methoxy groups -OCH3 is 3. The zero-order valence-corrected chi connectivity index (χ0v) is 16.6. The van der Waals surface area contributed by atoms with Crippen molar-refractivity contribution in [3.05, 3.63) is 34.9 Å². The molecule has 7 nitrogen and oxygen atoms in total. The number of rotatable bonds is 4. The summed E-state index contributed by atoms with van der Waals surface area (Å²) in [5, 5.41) is 0. The van der Waals surface area contributed by atoms with Gasteiger partial charge in [-0.25, -0.2) is 0 Å². The molecule has 3 atom stereocenters. The SMILES string of the molecule is COc1cc2c(cc1OC)[C@]13C[C@H](OC)C(=O)C=C1CCN3C[C@@H]2OC(C)=O. The molecule has 1 fully saturated rings. The van der Waals surface area contributed by atoms with Crippen LogP contribution in [0.3, 0.4) is 0 Å². The topological polar surface area (TPSA) is 74.3 Å². The number of benzene rings is 1. The maximum atomic E-state index is 12.5. The first-order valence-corrected chi connectivity index (χ1v) is 9.41. The molecule has 0 unspecified atom stereocenters. The van der Waals surface area contributed by atoms with E-state index in [2.05, 4.69) is 4.90 Å². The Hall–Kier alpha value is -2.38. The summed E-state index contributed by atoms with van der Waals surface area (Å²) in [6.45, 7) is 2.77. The van der Waals surface area contributed by atoms with E-state index in [0.29, 0.717) is 24.5 Å². The highest BCUT2D eigenvalue weighted by Crippen LogP contribution is 2.56. The second kappa shape index (κ2) is 6.90. The van der Waals surface area contributed by atoms with Gasteiger partial charge in [-0.3, -0.25) is 14.5 Å². The van der Waals surface area contributed by atoms with Crippen molar-refractivity contribution in [1.29, 1.82) is 0 Å². The Bertz CT molecular complexity index is 863. The van der Waals surface area contributed by atoms with Gasteiger partial charge in [-0.2, -0.15) is 0 Å². The summed E-state index contributed by atoms with van der Waals surface area (Å²) < 4.78 is 22.2. The molecule has 0 amide bonds. The van der Waals surface area contributed by atoms with Gasteiger partial charge in [0.25, 0.3) is 0 Å². The molecule has 0 saturated carbocycles. The van der Waals surface area contributed by atoms with Crippen molar-refractivity contribution in [2.24, 2.45) is 0 Å². The first kappa shape index (κ1) is 19.0. The Morgan fingerprint density at radius 1 is 1.14 bits per heavy atom. The third-order valence-corrected chi connectivity index (χ3v) is 6.16. The molecule has 1 aliphatic carbocycles. The van der Waals surface area contributed by atoms with Gasteiger partial charge in [0, 0.05) is 39.1 Å². The van der Waals surface area contributed by atoms with Crippen molar-refractivity contribution < 1.29 is 28.5 Å². The lowest BCUT2D eigenvalue weighted by Crippen LogP contribution is -2.53. The molecule has 2 heterocycles. The second-order valence-electron chi connectivity index (χ2n) is 7.45. The molecule has 1 spiro atoms. The van der Waals surface area contributed by atoms with Gasteiger partial charge in [0.1, 0.15) is 12.2 Å². The molecule has 2 aliphatic heterocycles. The van der Waals surface area contributed by atoms with Crippen molar-refractivity contribution in [3.8, 4) is 11.5 Å². The van der Waals surface area contributed by atoms with Gasteiger partial charge in [0.15, 0.2) is 17.3 Å². The minimum Gasteiger partial charge on any atom is -0.493 e. The van der Waals surface area contributed by atoms with Crippen LogP contribution in [-0.4, -0.2) is 57.2 Å². The predicted octanol–water partition coefficient (Wildman–Crippen LogP) is 2.14. The van der Waals surface area contributed by atoms with Crippen LogP contribution in [0.5, 0.6) is 11.5 Å². The lowest BCUT2D eigenvalue weighted by Gasteiger charge is -2.49. The number of ether oxygens (including phenoxy) is 4. The Labute approximate surface area is 164 Å². The monoisotopic (exact) mass is 387 g/mol. The molecule has 0 bridgehead atoms. The smallest absolute Gasteiger partial charge is 0.303 e. The maximum absolute atomic E-state index is 12.5. The fraction of sp³-hybridized carbons (Fsp3) is 0.524. The zero-order chi connectivity index (χ0) is 20.1. The average molecular weight is 387 g/mol. The van der Waals surface area contributed by atoms with E-state index in [-0.39, 0.29) is 11.8 Å². The fourth-order valence-corrected chi connectivity index (χ4v) is 4.96. The van der Waals surface area contributed by atoms with Crippen molar-refractivity contribution >= 4 is 11.8 Å². The van der Waals surface area contributed by atoms with Crippen LogP contribution < -0.4 is 9.47 Å². The van der Waals surface area contributed by atoms with Gasteiger partial charge in [-0.15, -0.1) is 0 Å². The first-order chi connectivity index (χ1) is 13.4. The molecule has 150 valence electrons. The Kier molecular flexibility index (Phi) is 4.67. The number of fused-ring (bicyclic) bond motifs is 1. The Morgan fingerprint density at radius 3 is 2.50 bits per heavy atom. The van der Waals surface area contributed by atoms with Crippen LogP contribution in [0.15, 0.2) is 23.8 Å². The number of esters is 1. The van der Waals surface area contributed by atoms with Crippen LogP contribution in [0.1, 0.15) is 37.0 Å². The van der Waals surface area contributed by atoms with E-state index < -0.39 is 17.7 Å². The minimum absolute atomic E-state index is 0.00844. The normalized spacial score (nSPS) is 28.7. The number of carbonyl (C=O) groups excluding carboxylic acids is 2. The van der Waals surface area contributed by atoms with Crippen molar-refractivity contribution in [2.45, 2.75) is 37.5 Å². The van der Waals surface area contributed by atoms with Crippen molar-refractivity contribution in [3.63, 3.8) is 0 Å². The zero-order valence-electron chi connectivity index (χ0n) is 16.6. The van der Waals surface area contributed by atoms with Crippen LogP contribution in [-0.2, 0) is 24.6 Å². The van der Waals surface area contributed by atoms with Gasteiger partial charge in [-0.05, 0) is 35.8 Å². The molecule has 0 radical (unpaired) electrons. The molecular weight excluding hydrogens is 362 g/mol. The largest absolute Gasteiger partial charge is 0.493 e. The van der Waals surface area contributed by atoms with Crippen molar-refractivity contribution in [1.82, 2.24) is 4.90 Å². The standard InChI is InChI=1S/C21H25NO6/c1-12(23)28-20-11-22-6-5-13-7-16(24)19(27-4)10-21(13,22)15-9-18(26-3)17(25-2)8-14(15)20/h7-9,19-20H,5-6,10-11H2,1-4H3/t19-,20-,21-/m0/s1. The minimum atomic E-state index is -0.504. The van der Waals surface area contributed by atoms with Crippen LogP contribution in [0.4, 0.5) is 0 Å². The molecule has 1 aromatic carbocycles. The Morgan fingerprint density at radius 2 is 1.86 bits per heavy atom. The fourth-order valence-electron chi connectivity index (χ4n) is 4.96. The van der Waals surface area contributed by atoms with Gasteiger partial charge in [0.2, 0.25) is 0 Å². The average Bonchev–Trinajstić information content (AvgIpc) is 3.04. The summed E-state index contributed by atoms with van der Waals surface area (Å²) in [6, 6.07) is 3.85. The summed E-state index contributed by atoms with van der Waals surface area (Å²) in [6.07, 6.45) is 2.16. The number of hydrogen-bond donors (Lipinski definition) is 0. The second-order valence-corrected chi connectivity index (χ2v) is 7.45. The molecule has 28 heavy (non-hydrogen) atoms. The van der Waals surface area contributed by atoms with Gasteiger partial charge in [0.05, 0.1) is 19.8 Å². The Balaban J connectivity index is 1.95. The van der Waals surface area contributed by atoms with Crippen LogP contribution >= 0.6 is 0 Å². The van der Waals surface area contributed by atoms with E-state index in [1.54, 1.807) is 27.4 Å². The maximum Gasteiger partial charge on any atom is 0.303 e. The molecule has 0 N–H and O–H groups in total. The predicted molar refractivity (Wildman–Crippen MR) is 100 cm³/mol. The molecule has 0 aromatic heterocycles. The van der Waals surface area contributed by atoms with E-state index in [4.69, 9.17) is 18.9 Å². The molecule has 4 rings (SSSR count). The lowest BCUT2D eigenvalue weighted by molar-refractivity contribution is -0.149. The highest BCUT2D eigenvalue weighted by Gasteiger charge is 2.55. The van der Waals surface area contributed by atoms with Gasteiger partial charge in [-0.1, -0.05) is 0 Å². The lowest BCUT2D eigenvalue weighted by atomic mass is 9.70. The number of ketones is 1. The third-order valence-electron chi connectivity index (χ3n) is 6.16. The summed E-state index contributed by atoms with van der Waals surface area (Å²) in [5.74, 6) is 0.873. The van der Waals surface area contributed by atoms with Crippen LogP contribution in [0.25, 0.3) is 0 Å². The summed E-state index contributed by atoms with van der Waals surface area (Å²) in [7, 11) is 4.75. The van der Waals surface area contributed by atoms with E-state index in [1.807, 2.05) is 12.1 Å². The summed E-state index contributed by atoms with van der Waals surface area (Å²) >= 11 is 0. The number of carbonyl (C=O) groups is 2.